The zero-order valence-electron chi connectivity index (χ0n) is 13.2. The molecule has 2 rings (SSSR count). The number of rotatable bonds is 4. The van der Waals surface area contributed by atoms with Gasteiger partial charge in [0.25, 0.3) is 0 Å². The summed E-state index contributed by atoms with van der Waals surface area (Å²) >= 11 is 6.04. The molecule has 0 radical (unpaired) electrons. The van der Waals surface area contributed by atoms with Crippen molar-refractivity contribution in [2.75, 3.05) is 14.2 Å². The van der Waals surface area contributed by atoms with Crippen molar-refractivity contribution < 1.29 is 14.3 Å². The van der Waals surface area contributed by atoms with Gasteiger partial charge in [0, 0.05) is 12.1 Å². The third-order valence-corrected chi connectivity index (χ3v) is 4.86. The molecule has 4 heteroatoms. The minimum absolute atomic E-state index is 0.0279. The molecule has 1 aliphatic rings. The number of methoxy groups -OCH3 is 2. The van der Waals surface area contributed by atoms with E-state index in [0.29, 0.717) is 16.3 Å². The fraction of sp³-hybridized carbons (Fsp3) is 0.588. The second-order valence-corrected chi connectivity index (χ2v) is 6.97. The number of hydrogen-bond donors (Lipinski definition) is 0. The fourth-order valence-corrected chi connectivity index (χ4v) is 3.13. The molecule has 0 bridgehead atoms. The van der Waals surface area contributed by atoms with Crippen molar-refractivity contribution >= 4 is 17.4 Å². The summed E-state index contributed by atoms with van der Waals surface area (Å²) in [5.74, 6) is 0.519. The number of carbonyl (C=O) groups excluding carboxylic acids is 1. The summed E-state index contributed by atoms with van der Waals surface area (Å²) in [4.78, 5) is 13.0. The Kier molecular flexibility index (Phi) is 4.64. The van der Waals surface area contributed by atoms with Crippen molar-refractivity contribution in [2.45, 2.75) is 45.1 Å². The van der Waals surface area contributed by atoms with E-state index >= 15 is 0 Å². The van der Waals surface area contributed by atoms with Crippen LogP contribution >= 0.6 is 11.6 Å². The number of carbonyl (C=O) groups is 1. The molecular weight excluding hydrogens is 288 g/mol. The van der Waals surface area contributed by atoms with Gasteiger partial charge in [0.1, 0.15) is 11.4 Å². The van der Waals surface area contributed by atoms with Crippen molar-refractivity contribution in [1.29, 1.82) is 0 Å². The van der Waals surface area contributed by atoms with Crippen LogP contribution in [0.3, 0.4) is 0 Å². The lowest BCUT2D eigenvalue weighted by Crippen LogP contribution is -2.45. The maximum atomic E-state index is 13.0. The van der Waals surface area contributed by atoms with Gasteiger partial charge in [-0.15, -0.1) is 0 Å². The smallest absolute Gasteiger partial charge is 0.198 e. The van der Waals surface area contributed by atoms with Crippen LogP contribution in [0.4, 0.5) is 0 Å². The predicted octanol–water partition coefficient (Wildman–Crippen LogP) is 4.52. The van der Waals surface area contributed by atoms with Crippen molar-refractivity contribution in [3.05, 3.63) is 28.8 Å². The minimum atomic E-state index is -0.756. The second-order valence-electron chi connectivity index (χ2n) is 6.54. The first-order valence-corrected chi connectivity index (χ1v) is 7.65. The third-order valence-electron chi connectivity index (χ3n) is 4.62. The quantitative estimate of drug-likeness (QED) is 0.767. The van der Waals surface area contributed by atoms with Gasteiger partial charge in [0.05, 0.1) is 12.7 Å². The third kappa shape index (κ3) is 3.24. The lowest BCUT2D eigenvalue weighted by Gasteiger charge is -2.41. The molecule has 0 saturated heterocycles. The molecule has 21 heavy (non-hydrogen) atoms. The maximum Gasteiger partial charge on any atom is 0.198 e. The van der Waals surface area contributed by atoms with E-state index in [1.807, 2.05) is 0 Å². The number of hydrogen-bond acceptors (Lipinski definition) is 3. The van der Waals surface area contributed by atoms with Gasteiger partial charge in [0.15, 0.2) is 5.78 Å². The number of halogens is 1. The predicted molar refractivity (Wildman–Crippen MR) is 84.3 cm³/mol. The van der Waals surface area contributed by atoms with E-state index in [2.05, 4.69) is 13.8 Å². The summed E-state index contributed by atoms with van der Waals surface area (Å²) in [6.07, 6.45) is 3.39. The van der Waals surface area contributed by atoms with Gasteiger partial charge in [0.2, 0.25) is 0 Å². The standard InChI is InChI=1S/C17H23ClO3/c1-16(2)7-9-17(21-4,10-8-16)15(19)13-11-12(18)5-6-14(13)20-3/h5-6,11H,7-10H2,1-4H3. The first-order chi connectivity index (χ1) is 9.83. The highest BCUT2D eigenvalue weighted by molar-refractivity contribution is 6.31. The molecule has 1 fully saturated rings. The Labute approximate surface area is 131 Å². The second kappa shape index (κ2) is 5.98. The highest BCUT2D eigenvalue weighted by Gasteiger charge is 2.45. The molecule has 3 nitrogen and oxygen atoms in total. The van der Waals surface area contributed by atoms with Crippen molar-refractivity contribution in [3.8, 4) is 5.75 Å². The Morgan fingerprint density at radius 3 is 2.29 bits per heavy atom. The number of ether oxygens (including phenoxy) is 2. The van der Waals surface area contributed by atoms with E-state index in [1.165, 1.54) is 0 Å². The van der Waals surface area contributed by atoms with Gasteiger partial charge >= 0.3 is 0 Å². The van der Waals surface area contributed by atoms with Gasteiger partial charge in [-0.1, -0.05) is 25.4 Å². The SMILES string of the molecule is COc1ccc(Cl)cc1C(=O)C1(OC)CCC(C)(C)CC1. The van der Waals surface area contributed by atoms with E-state index < -0.39 is 5.60 Å². The number of Topliss-reactive ketones (excluding diaryl/α,β-unsaturated/α-hetero) is 1. The molecule has 0 spiro atoms. The average molecular weight is 311 g/mol. The van der Waals surface area contributed by atoms with Crippen LogP contribution in [0.25, 0.3) is 0 Å². The van der Waals surface area contributed by atoms with E-state index in [4.69, 9.17) is 21.1 Å². The average Bonchev–Trinajstić information content (AvgIpc) is 2.47. The van der Waals surface area contributed by atoms with Crippen molar-refractivity contribution in [1.82, 2.24) is 0 Å². The molecule has 1 aromatic rings. The maximum absolute atomic E-state index is 13.0. The van der Waals surface area contributed by atoms with Gasteiger partial charge < -0.3 is 9.47 Å². The van der Waals surface area contributed by atoms with Gasteiger partial charge in [-0.05, 0) is 49.3 Å². The summed E-state index contributed by atoms with van der Waals surface area (Å²) in [7, 11) is 3.18. The molecule has 0 amide bonds. The monoisotopic (exact) mass is 310 g/mol. The lowest BCUT2D eigenvalue weighted by atomic mass is 9.68. The Balaban J connectivity index is 2.35. The molecule has 0 aliphatic heterocycles. The van der Waals surface area contributed by atoms with Crippen LogP contribution in [0, 0.1) is 5.41 Å². The number of benzene rings is 1. The summed E-state index contributed by atoms with van der Waals surface area (Å²) < 4.78 is 11.0. The van der Waals surface area contributed by atoms with E-state index in [-0.39, 0.29) is 11.2 Å². The lowest BCUT2D eigenvalue weighted by molar-refractivity contribution is -0.0384. The molecular formula is C17H23ClO3. The molecule has 116 valence electrons. The van der Waals surface area contributed by atoms with E-state index in [1.54, 1.807) is 32.4 Å². The molecule has 0 unspecified atom stereocenters. The molecule has 0 atom stereocenters. The largest absolute Gasteiger partial charge is 0.496 e. The Morgan fingerprint density at radius 2 is 1.76 bits per heavy atom. The topological polar surface area (TPSA) is 35.5 Å². The summed E-state index contributed by atoms with van der Waals surface area (Å²) in [6, 6.07) is 5.12. The van der Waals surface area contributed by atoms with Crippen molar-refractivity contribution in [3.63, 3.8) is 0 Å². The fourth-order valence-electron chi connectivity index (χ4n) is 2.96. The molecule has 1 aromatic carbocycles. The summed E-state index contributed by atoms with van der Waals surface area (Å²) in [5.41, 5.74) is 0.0142. The van der Waals surface area contributed by atoms with Crippen LogP contribution in [0.15, 0.2) is 18.2 Å². The highest BCUT2D eigenvalue weighted by atomic mass is 35.5. The molecule has 0 heterocycles. The molecule has 0 aromatic heterocycles. The molecule has 1 aliphatic carbocycles. The van der Waals surface area contributed by atoms with Crippen LogP contribution in [0.2, 0.25) is 5.02 Å². The van der Waals surface area contributed by atoms with Crippen molar-refractivity contribution in [2.24, 2.45) is 5.41 Å². The van der Waals surface area contributed by atoms with Gasteiger partial charge in [-0.25, -0.2) is 0 Å². The summed E-state index contributed by atoms with van der Waals surface area (Å²) in [5, 5.41) is 0.529. The Morgan fingerprint density at radius 1 is 1.14 bits per heavy atom. The first kappa shape index (κ1) is 16.3. The van der Waals surface area contributed by atoms with E-state index in [9.17, 15) is 4.79 Å². The molecule has 0 N–H and O–H groups in total. The van der Waals surface area contributed by atoms with Crippen LogP contribution < -0.4 is 4.74 Å². The van der Waals surface area contributed by atoms with Crippen LogP contribution in [0.1, 0.15) is 49.9 Å². The first-order valence-electron chi connectivity index (χ1n) is 7.27. The molecule has 1 saturated carbocycles. The van der Waals surface area contributed by atoms with Crippen LogP contribution in [-0.4, -0.2) is 25.6 Å². The van der Waals surface area contributed by atoms with Crippen LogP contribution in [0.5, 0.6) is 5.75 Å². The number of ketones is 1. The van der Waals surface area contributed by atoms with E-state index in [0.717, 1.165) is 25.7 Å². The van der Waals surface area contributed by atoms with Crippen LogP contribution in [-0.2, 0) is 4.74 Å². The minimum Gasteiger partial charge on any atom is -0.496 e. The van der Waals surface area contributed by atoms with Gasteiger partial charge in [-0.3, -0.25) is 4.79 Å². The highest BCUT2D eigenvalue weighted by Crippen LogP contribution is 2.44. The zero-order valence-corrected chi connectivity index (χ0v) is 13.9. The summed E-state index contributed by atoms with van der Waals surface area (Å²) in [6.45, 7) is 4.47. The normalized spacial score (nSPS) is 20.0. The Hall–Kier alpha value is -1.06. The zero-order chi connectivity index (χ0) is 15.7. The van der Waals surface area contributed by atoms with Gasteiger partial charge in [-0.2, -0.15) is 0 Å². The Bertz CT molecular complexity index is 527.